The van der Waals surface area contributed by atoms with Crippen molar-refractivity contribution in [1.29, 1.82) is 0 Å². The maximum absolute atomic E-state index is 11.9. The van der Waals surface area contributed by atoms with E-state index in [4.69, 9.17) is 0 Å². The predicted octanol–water partition coefficient (Wildman–Crippen LogP) is 3.90. The van der Waals surface area contributed by atoms with Gasteiger partial charge >= 0.3 is 0 Å². The van der Waals surface area contributed by atoms with Gasteiger partial charge in [-0.05, 0) is 30.9 Å². The lowest BCUT2D eigenvalue weighted by atomic mass is 10.0. The Morgan fingerprint density at radius 1 is 1.17 bits per heavy atom. The van der Waals surface area contributed by atoms with Crippen molar-refractivity contribution in [1.82, 2.24) is 4.98 Å². The molecule has 0 saturated heterocycles. The second kappa shape index (κ2) is 5.85. The molecular formula is C16H21NO. The zero-order valence-corrected chi connectivity index (χ0v) is 11.2. The highest BCUT2D eigenvalue weighted by Gasteiger charge is 2.01. The van der Waals surface area contributed by atoms with Gasteiger partial charge in [-0.25, -0.2) is 0 Å². The fraction of sp³-hybridized carbons (Fsp3) is 0.438. The molecule has 0 spiro atoms. The Hall–Kier alpha value is -1.57. The van der Waals surface area contributed by atoms with Crippen molar-refractivity contribution in [2.24, 2.45) is 5.92 Å². The van der Waals surface area contributed by atoms with E-state index in [2.05, 4.69) is 18.8 Å². The Morgan fingerprint density at radius 3 is 2.72 bits per heavy atom. The lowest BCUT2D eigenvalue weighted by Gasteiger charge is -2.06. The average Bonchev–Trinajstić information content (AvgIpc) is 2.35. The van der Waals surface area contributed by atoms with Gasteiger partial charge in [-0.1, -0.05) is 38.8 Å². The monoisotopic (exact) mass is 243 g/mol. The number of unbranched alkanes of at least 4 members (excludes halogenated alkanes) is 1. The molecule has 2 rings (SSSR count). The quantitative estimate of drug-likeness (QED) is 0.794. The molecule has 96 valence electrons. The lowest BCUT2D eigenvalue weighted by molar-refractivity contribution is 0.536. The van der Waals surface area contributed by atoms with E-state index in [-0.39, 0.29) is 5.43 Å². The van der Waals surface area contributed by atoms with Crippen LogP contribution in [0.5, 0.6) is 0 Å². The molecule has 0 aliphatic heterocycles. The van der Waals surface area contributed by atoms with E-state index in [0.717, 1.165) is 35.4 Å². The van der Waals surface area contributed by atoms with Gasteiger partial charge in [0.25, 0.3) is 0 Å². The van der Waals surface area contributed by atoms with Crippen LogP contribution in [0.3, 0.4) is 0 Å². The summed E-state index contributed by atoms with van der Waals surface area (Å²) in [6.45, 7) is 4.50. The number of rotatable bonds is 5. The molecule has 2 aromatic rings. The summed E-state index contributed by atoms with van der Waals surface area (Å²) in [4.78, 5) is 15.3. The normalized spacial score (nSPS) is 11.3. The predicted molar refractivity (Wildman–Crippen MR) is 77.0 cm³/mol. The number of fused-ring (bicyclic) bond motifs is 1. The first-order valence-electron chi connectivity index (χ1n) is 6.78. The minimum absolute atomic E-state index is 0.128. The summed E-state index contributed by atoms with van der Waals surface area (Å²) in [5.41, 5.74) is 2.13. The largest absolute Gasteiger partial charge is 0.358 e. The third-order valence-corrected chi connectivity index (χ3v) is 3.27. The third-order valence-electron chi connectivity index (χ3n) is 3.27. The lowest BCUT2D eigenvalue weighted by Crippen LogP contribution is -2.05. The van der Waals surface area contributed by atoms with Gasteiger partial charge < -0.3 is 4.98 Å². The van der Waals surface area contributed by atoms with Crippen LogP contribution in [0.4, 0.5) is 0 Å². The summed E-state index contributed by atoms with van der Waals surface area (Å²) in [7, 11) is 0. The SMILES string of the molecule is CC(C)CCCCc1cc(=O)c2ccccc2[nH]1. The number of benzene rings is 1. The first-order valence-corrected chi connectivity index (χ1v) is 6.78. The zero-order chi connectivity index (χ0) is 13.0. The number of H-pyrrole nitrogens is 1. The Kier molecular flexibility index (Phi) is 4.19. The molecule has 0 radical (unpaired) electrons. The van der Waals surface area contributed by atoms with Gasteiger partial charge in [-0.2, -0.15) is 0 Å². The van der Waals surface area contributed by atoms with Crippen LogP contribution in [0.2, 0.25) is 0 Å². The molecule has 0 amide bonds. The molecule has 2 heteroatoms. The van der Waals surface area contributed by atoms with Gasteiger partial charge in [0.2, 0.25) is 0 Å². The van der Waals surface area contributed by atoms with Crippen LogP contribution in [0.15, 0.2) is 35.1 Å². The second-order valence-corrected chi connectivity index (χ2v) is 5.34. The van der Waals surface area contributed by atoms with Crippen LogP contribution in [0.25, 0.3) is 10.9 Å². The molecule has 1 N–H and O–H groups in total. The Balaban J connectivity index is 2.08. The summed E-state index contributed by atoms with van der Waals surface area (Å²) in [5.74, 6) is 0.764. The van der Waals surface area contributed by atoms with Crippen molar-refractivity contribution >= 4 is 10.9 Å². The van der Waals surface area contributed by atoms with Gasteiger partial charge in [-0.3, -0.25) is 4.79 Å². The molecular weight excluding hydrogens is 222 g/mol. The van der Waals surface area contributed by atoms with Crippen molar-refractivity contribution in [3.05, 3.63) is 46.2 Å². The molecule has 0 bridgehead atoms. The average molecular weight is 243 g/mol. The van der Waals surface area contributed by atoms with Crippen molar-refractivity contribution in [3.8, 4) is 0 Å². The summed E-state index contributed by atoms with van der Waals surface area (Å²) < 4.78 is 0. The molecule has 1 aromatic heterocycles. The van der Waals surface area contributed by atoms with Crippen molar-refractivity contribution in [3.63, 3.8) is 0 Å². The molecule has 0 fully saturated rings. The zero-order valence-electron chi connectivity index (χ0n) is 11.2. The van der Waals surface area contributed by atoms with E-state index in [9.17, 15) is 4.79 Å². The second-order valence-electron chi connectivity index (χ2n) is 5.34. The van der Waals surface area contributed by atoms with Crippen LogP contribution >= 0.6 is 0 Å². The first kappa shape index (κ1) is 12.9. The maximum Gasteiger partial charge on any atom is 0.189 e. The Morgan fingerprint density at radius 2 is 1.94 bits per heavy atom. The Bertz CT molecular complexity index is 569. The van der Waals surface area contributed by atoms with Crippen LogP contribution < -0.4 is 5.43 Å². The van der Waals surface area contributed by atoms with Gasteiger partial charge in [0.05, 0.1) is 0 Å². The number of aromatic nitrogens is 1. The number of para-hydroxylation sites is 1. The summed E-state index contributed by atoms with van der Waals surface area (Å²) in [6.07, 6.45) is 4.60. The van der Waals surface area contributed by atoms with Gasteiger partial charge in [-0.15, -0.1) is 0 Å². The fourth-order valence-corrected chi connectivity index (χ4v) is 2.25. The topological polar surface area (TPSA) is 32.9 Å². The van der Waals surface area contributed by atoms with Crippen LogP contribution in [0, 0.1) is 5.92 Å². The van der Waals surface area contributed by atoms with Crippen molar-refractivity contribution in [2.75, 3.05) is 0 Å². The minimum Gasteiger partial charge on any atom is -0.358 e. The van der Waals surface area contributed by atoms with Crippen LogP contribution in [0.1, 0.15) is 38.8 Å². The number of hydrogen-bond acceptors (Lipinski definition) is 1. The third kappa shape index (κ3) is 3.22. The highest BCUT2D eigenvalue weighted by molar-refractivity contribution is 5.78. The standard InChI is InChI=1S/C16H21NO/c1-12(2)7-3-4-8-13-11-16(18)14-9-5-6-10-15(14)17-13/h5-6,9-12H,3-4,7-8H2,1-2H3,(H,17,18). The maximum atomic E-state index is 11.9. The van der Waals surface area contributed by atoms with E-state index in [1.54, 1.807) is 6.07 Å². The molecule has 0 aliphatic carbocycles. The Labute approximate surface area is 108 Å². The van der Waals surface area contributed by atoms with E-state index in [1.807, 2.05) is 24.3 Å². The molecule has 18 heavy (non-hydrogen) atoms. The number of pyridine rings is 1. The molecule has 2 nitrogen and oxygen atoms in total. The van der Waals surface area contributed by atoms with E-state index >= 15 is 0 Å². The molecule has 0 aliphatic rings. The van der Waals surface area contributed by atoms with Gasteiger partial charge in [0, 0.05) is 22.7 Å². The van der Waals surface area contributed by atoms with Gasteiger partial charge in [0.15, 0.2) is 5.43 Å². The van der Waals surface area contributed by atoms with Crippen LogP contribution in [-0.2, 0) is 6.42 Å². The van der Waals surface area contributed by atoms with Crippen molar-refractivity contribution < 1.29 is 0 Å². The number of aryl methyl sites for hydroxylation is 1. The first-order chi connectivity index (χ1) is 8.66. The number of aromatic amines is 1. The molecule has 1 heterocycles. The van der Waals surface area contributed by atoms with E-state index in [0.29, 0.717) is 0 Å². The number of nitrogens with one attached hydrogen (secondary N) is 1. The van der Waals surface area contributed by atoms with Crippen molar-refractivity contribution in [2.45, 2.75) is 39.5 Å². The van der Waals surface area contributed by atoms with E-state index in [1.165, 1.54) is 12.8 Å². The minimum atomic E-state index is 0.128. The number of hydrogen-bond donors (Lipinski definition) is 1. The molecule has 0 unspecified atom stereocenters. The summed E-state index contributed by atoms with van der Waals surface area (Å²) in [6, 6.07) is 9.45. The summed E-state index contributed by atoms with van der Waals surface area (Å²) in [5, 5.41) is 0.781. The highest BCUT2D eigenvalue weighted by atomic mass is 16.1. The fourth-order valence-electron chi connectivity index (χ4n) is 2.25. The van der Waals surface area contributed by atoms with E-state index < -0.39 is 0 Å². The van der Waals surface area contributed by atoms with Gasteiger partial charge in [0.1, 0.15) is 0 Å². The molecule has 0 atom stereocenters. The molecule has 1 aromatic carbocycles. The van der Waals surface area contributed by atoms with Crippen LogP contribution in [-0.4, -0.2) is 4.98 Å². The highest BCUT2D eigenvalue weighted by Crippen LogP contribution is 2.11. The molecule has 0 saturated carbocycles. The smallest absolute Gasteiger partial charge is 0.189 e. The summed E-state index contributed by atoms with van der Waals surface area (Å²) >= 11 is 0.